The van der Waals surface area contributed by atoms with Crippen LogP contribution in [0.2, 0.25) is 0 Å². The molecule has 1 heterocycles. The second kappa shape index (κ2) is 7.07. The van der Waals surface area contributed by atoms with Crippen LogP contribution >= 0.6 is 0 Å². The van der Waals surface area contributed by atoms with Gasteiger partial charge in [-0.3, -0.25) is 9.48 Å². The van der Waals surface area contributed by atoms with E-state index >= 15 is 0 Å². The SMILES string of the molecule is CC(C(=O)Nc1ccc2cnn(C(C)C)c2c1)C(N)c1ccccc1. The molecule has 2 atom stereocenters. The van der Waals surface area contributed by atoms with Crippen LogP contribution in [0.5, 0.6) is 0 Å². The molecule has 2 aromatic carbocycles. The average Bonchev–Trinajstić information content (AvgIpc) is 3.04. The van der Waals surface area contributed by atoms with Gasteiger partial charge >= 0.3 is 0 Å². The smallest absolute Gasteiger partial charge is 0.229 e. The first-order valence-corrected chi connectivity index (χ1v) is 8.56. The highest BCUT2D eigenvalue weighted by Crippen LogP contribution is 2.24. The summed E-state index contributed by atoms with van der Waals surface area (Å²) >= 11 is 0. The number of rotatable bonds is 5. The van der Waals surface area contributed by atoms with E-state index in [1.807, 2.05) is 66.3 Å². The first-order chi connectivity index (χ1) is 12.0. The van der Waals surface area contributed by atoms with E-state index in [1.165, 1.54) is 0 Å². The number of carbonyl (C=O) groups excluding carboxylic acids is 1. The molecule has 25 heavy (non-hydrogen) atoms. The maximum Gasteiger partial charge on any atom is 0.229 e. The summed E-state index contributed by atoms with van der Waals surface area (Å²) < 4.78 is 1.95. The molecule has 0 spiro atoms. The summed E-state index contributed by atoms with van der Waals surface area (Å²) in [6.07, 6.45) is 1.84. The number of aromatic nitrogens is 2. The van der Waals surface area contributed by atoms with E-state index in [1.54, 1.807) is 0 Å². The van der Waals surface area contributed by atoms with Crippen LogP contribution in [0.25, 0.3) is 10.9 Å². The van der Waals surface area contributed by atoms with Gasteiger partial charge in [-0.05, 0) is 37.6 Å². The lowest BCUT2D eigenvalue weighted by Gasteiger charge is -2.20. The number of nitrogens with zero attached hydrogens (tertiary/aromatic N) is 2. The van der Waals surface area contributed by atoms with Gasteiger partial charge in [0.05, 0.1) is 17.6 Å². The monoisotopic (exact) mass is 336 g/mol. The third-order valence-corrected chi connectivity index (χ3v) is 4.49. The number of fused-ring (bicyclic) bond motifs is 1. The summed E-state index contributed by atoms with van der Waals surface area (Å²) in [6, 6.07) is 15.4. The number of anilines is 1. The highest BCUT2D eigenvalue weighted by Gasteiger charge is 2.22. The molecule has 1 aromatic heterocycles. The molecule has 3 aromatic rings. The van der Waals surface area contributed by atoms with Crippen LogP contribution in [0.4, 0.5) is 5.69 Å². The van der Waals surface area contributed by atoms with Crippen molar-refractivity contribution in [3.8, 4) is 0 Å². The minimum Gasteiger partial charge on any atom is -0.326 e. The Balaban J connectivity index is 1.78. The first-order valence-electron chi connectivity index (χ1n) is 8.56. The lowest BCUT2D eigenvalue weighted by molar-refractivity contribution is -0.120. The molecule has 0 saturated carbocycles. The lowest BCUT2D eigenvalue weighted by Crippen LogP contribution is -2.30. The normalized spacial score (nSPS) is 13.8. The second-order valence-electron chi connectivity index (χ2n) is 6.67. The van der Waals surface area contributed by atoms with Gasteiger partial charge in [-0.1, -0.05) is 37.3 Å². The fraction of sp³-hybridized carbons (Fsp3) is 0.300. The maximum atomic E-state index is 12.6. The molecule has 0 radical (unpaired) electrons. The van der Waals surface area contributed by atoms with Gasteiger partial charge in [-0.2, -0.15) is 5.10 Å². The van der Waals surface area contributed by atoms with Gasteiger partial charge in [0.15, 0.2) is 0 Å². The van der Waals surface area contributed by atoms with Crippen LogP contribution < -0.4 is 11.1 Å². The molecule has 130 valence electrons. The van der Waals surface area contributed by atoms with Crippen LogP contribution in [0.1, 0.15) is 38.4 Å². The number of hydrogen-bond acceptors (Lipinski definition) is 3. The third kappa shape index (κ3) is 3.56. The summed E-state index contributed by atoms with van der Waals surface area (Å²) in [5.74, 6) is -0.431. The predicted octanol–water partition coefficient (Wildman–Crippen LogP) is 3.89. The molecule has 5 heteroatoms. The largest absolute Gasteiger partial charge is 0.326 e. The molecule has 0 bridgehead atoms. The molecule has 0 aliphatic rings. The number of benzene rings is 2. The summed E-state index contributed by atoms with van der Waals surface area (Å²) in [5, 5.41) is 8.44. The van der Waals surface area contributed by atoms with Crippen LogP contribution in [-0.2, 0) is 4.79 Å². The number of amides is 1. The van der Waals surface area contributed by atoms with E-state index in [-0.39, 0.29) is 23.9 Å². The van der Waals surface area contributed by atoms with E-state index in [9.17, 15) is 4.79 Å². The van der Waals surface area contributed by atoms with E-state index < -0.39 is 0 Å². The Morgan fingerprint density at radius 2 is 1.84 bits per heavy atom. The van der Waals surface area contributed by atoms with E-state index in [4.69, 9.17) is 5.73 Å². The van der Waals surface area contributed by atoms with Crippen molar-refractivity contribution in [2.24, 2.45) is 11.7 Å². The van der Waals surface area contributed by atoms with Gasteiger partial charge in [0.2, 0.25) is 5.91 Å². The van der Waals surface area contributed by atoms with E-state index in [0.717, 1.165) is 22.2 Å². The van der Waals surface area contributed by atoms with Crippen LogP contribution in [-0.4, -0.2) is 15.7 Å². The topological polar surface area (TPSA) is 72.9 Å². The minimum absolute atomic E-state index is 0.0914. The van der Waals surface area contributed by atoms with Crippen LogP contribution in [0.15, 0.2) is 54.7 Å². The van der Waals surface area contributed by atoms with Crippen molar-refractivity contribution in [2.75, 3.05) is 5.32 Å². The van der Waals surface area contributed by atoms with E-state index in [0.29, 0.717) is 0 Å². The molecular weight excluding hydrogens is 312 g/mol. The quantitative estimate of drug-likeness (QED) is 0.742. The summed E-state index contributed by atoms with van der Waals surface area (Å²) in [5.41, 5.74) is 8.98. The molecule has 0 aliphatic heterocycles. The van der Waals surface area contributed by atoms with Crippen molar-refractivity contribution in [2.45, 2.75) is 32.9 Å². The lowest BCUT2D eigenvalue weighted by atomic mass is 9.94. The fourth-order valence-electron chi connectivity index (χ4n) is 2.91. The molecule has 0 fully saturated rings. The Morgan fingerprint density at radius 3 is 2.52 bits per heavy atom. The molecule has 3 N–H and O–H groups in total. The number of carbonyl (C=O) groups is 1. The molecular formula is C20H24N4O. The standard InChI is InChI=1S/C20H24N4O/c1-13(2)24-18-11-17(10-9-16(18)12-22-24)23-20(25)14(3)19(21)15-7-5-4-6-8-15/h4-14,19H,21H2,1-3H3,(H,23,25). The Kier molecular flexibility index (Phi) is 4.86. The predicted molar refractivity (Wildman–Crippen MR) is 101 cm³/mol. The van der Waals surface area contributed by atoms with Crippen LogP contribution in [0, 0.1) is 5.92 Å². The van der Waals surface area contributed by atoms with Gasteiger partial charge in [-0.15, -0.1) is 0 Å². The summed E-state index contributed by atoms with van der Waals surface area (Å²) in [4.78, 5) is 12.6. The minimum atomic E-state index is -0.342. The van der Waals surface area contributed by atoms with Crippen molar-refractivity contribution in [1.82, 2.24) is 9.78 Å². The van der Waals surface area contributed by atoms with Crippen molar-refractivity contribution in [1.29, 1.82) is 0 Å². The van der Waals surface area contributed by atoms with Gasteiger partial charge in [-0.25, -0.2) is 0 Å². The number of hydrogen-bond donors (Lipinski definition) is 2. The van der Waals surface area contributed by atoms with Crippen molar-refractivity contribution in [3.63, 3.8) is 0 Å². The zero-order valence-corrected chi connectivity index (χ0v) is 14.8. The number of nitrogens with one attached hydrogen (secondary N) is 1. The van der Waals surface area contributed by atoms with Gasteiger partial charge < -0.3 is 11.1 Å². The van der Waals surface area contributed by atoms with E-state index in [2.05, 4.69) is 24.3 Å². The Bertz CT molecular complexity index is 870. The average molecular weight is 336 g/mol. The Morgan fingerprint density at radius 1 is 1.12 bits per heavy atom. The van der Waals surface area contributed by atoms with Gasteiger partial charge in [0, 0.05) is 23.2 Å². The van der Waals surface area contributed by atoms with Crippen molar-refractivity contribution in [3.05, 3.63) is 60.3 Å². The molecule has 0 aliphatic carbocycles. The molecule has 2 unspecified atom stereocenters. The maximum absolute atomic E-state index is 12.6. The molecule has 3 rings (SSSR count). The van der Waals surface area contributed by atoms with Gasteiger partial charge in [0.25, 0.3) is 0 Å². The van der Waals surface area contributed by atoms with Crippen molar-refractivity contribution < 1.29 is 4.79 Å². The van der Waals surface area contributed by atoms with Gasteiger partial charge in [0.1, 0.15) is 0 Å². The number of nitrogens with two attached hydrogens (primary N) is 1. The van der Waals surface area contributed by atoms with Crippen molar-refractivity contribution >= 4 is 22.5 Å². The summed E-state index contributed by atoms with van der Waals surface area (Å²) in [7, 11) is 0. The zero-order chi connectivity index (χ0) is 18.0. The molecule has 0 saturated heterocycles. The highest BCUT2D eigenvalue weighted by molar-refractivity contribution is 5.95. The molecule has 1 amide bonds. The Labute approximate surface area is 147 Å². The summed E-state index contributed by atoms with van der Waals surface area (Å²) in [6.45, 7) is 6.02. The first kappa shape index (κ1) is 17.2. The highest BCUT2D eigenvalue weighted by atomic mass is 16.1. The zero-order valence-electron chi connectivity index (χ0n) is 14.8. The molecule has 5 nitrogen and oxygen atoms in total. The van der Waals surface area contributed by atoms with Crippen LogP contribution in [0.3, 0.4) is 0 Å². The third-order valence-electron chi connectivity index (χ3n) is 4.49. The Hall–Kier alpha value is -2.66. The fourth-order valence-corrected chi connectivity index (χ4v) is 2.91. The second-order valence-corrected chi connectivity index (χ2v) is 6.67.